The van der Waals surface area contributed by atoms with E-state index in [2.05, 4.69) is 33.8 Å². The molecular formula is C34H49ClO5. The van der Waals surface area contributed by atoms with Crippen LogP contribution >= 0.6 is 11.6 Å². The number of carbonyl (C=O) groups is 2. The molecule has 222 valence electrons. The zero-order valence-corrected chi connectivity index (χ0v) is 25.9. The van der Waals surface area contributed by atoms with E-state index < -0.39 is 10.8 Å². The quantitative estimate of drug-likeness (QED) is 0.0706. The van der Waals surface area contributed by atoms with Crippen LogP contribution in [0.4, 0.5) is 0 Å². The van der Waals surface area contributed by atoms with E-state index in [1.807, 2.05) is 24.3 Å². The Labute approximate surface area is 246 Å². The smallest absolute Gasteiger partial charge is 0.317 e. The molecule has 2 saturated carbocycles. The van der Waals surface area contributed by atoms with Crippen LogP contribution in [-0.4, -0.2) is 38.0 Å². The summed E-state index contributed by atoms with van der Waals surface area (Å²) in [6.07, 6.45) is 10.9. The third-order valence-corrected chi connectivity index (χ3v) is 10.8. The third-order valence-electron chi connectivity index (χ3n) is 10.2. The lowest BCUT2D eigenvalue weighted by Gasteiger charge is -2.49. The van der Waals surface area contributed by atoms with Crippen molar-refractivity contribution in [2.45, 2.75) is 91.0 Å². The molecule has 6 heteroatoms. The van der Waals surface area contributed by atoms with E-state index in [0.717, 1.165) is 74.9 Å². The summed E-state index contributed by atoms with van der Waals surface area (Å²) in [5.41, 5.74) is 0.277. The van der Waals surface area contributed by atoms with Crippen molar-refractivity contribution in [2.24, 2.45) is 40.4 Å². The van der Waals surface area contributed by atoms with Crippen molar-refractivity contribution in [3.63, 3.8) is 0 Å². The second kappa shape index (κ2) is 13.4. The van der Waals surface area contributed by atoms with Crippen LogP contribution in [0, 0.1) is 40.4 Å². The molecule has 4 rings (SSSR count). The van der Waals surface area contributed by atoms with Crippen LogP contribution in [0.2, 0.25) is 0 Å². The number of halogens is 1. The molecule has 0 aromatic heterocycles. The van der Waals surface area contributed by atoms with Crippen LogP contribution in [0.3, 0.4) is 0 Å². The molecule has 3 aliphatic carbocycles. The van der Waals surface area contributed by atoms with E-state index in [0.29, 0.717) is 24.7 Å². The molecule has 0 saturated heterocycles. The van der Waals surface area contributed by atoms with Gasteiger partial charge in [-0.2, -0.15) is 0 Å². The monoisotopic (exact) mass is 572 g/mol. The lowest BCUT2D eigenvalue weighted by atomic mass is 9.52. The number of unbranched alkanes of at least 4 members (excludes halogenated alkanes) is 2. The molecule has 7 atom stereocenters. The summed E-state index contributed by atoms with van der Waals surface area (Å²) in [4.78, 5) is 27.8. The molecule has 0 radical (unpaired) electrons. The number of esters is 1. The Morgan fingerprint density at radius 2 is 1.85 bits per heavy atom. The number of hydrogen-bond donors (Lipinski definition) is 0. The number of carbonyl (C=O) groups excluding carboxylic acids is 2. The van der Waals surface area contributed by atoms with Crippen LogP contribution in [-0.2, 0) is 25.7 Å². The summed E-state index contributed by atoms with van der Waals surface area (Å²) in [6, 6.07) is 7.58. The Kier molecular flexibility index (Phi) is 10.4. The highest BCUT2D eigenvalue weighted by atomic mass is 35.5. The molecule has 7 unspecified atom stereocenters. The summed E-state index contributed by atoms with van der Waals surface area (Å²) in [5, 5.41) is 0.00519. The molecule has 0 spiro atoms. The molecule has 0 N–H and O–H groups in total. The first-order chi connectivity index (χ1) is 19.2. The van der Waals surface area contributed by atoms with E-state index >= 15 is 0 Å². The summed E-state index contributed by atoms with van der Waals surface area (Å²) >= 11 is 6.96. The van der Waals surface area contributed by atoms with E-state index in [1.54, 1.807) is 7.11 Å². The number of aldehydes is 1. The number of allylic oxidation sites excluding steroid dienone is 1. The van der Waals surface area contributed by atoms with Crippen LogP contribution < -0.4 is 4.74 Å². The van der Waals surface area contributed by atoms with Gasteiger partial charge in [0.15, 0.2) is 0 Å². The van der Waals surface area contributed by atoms with Gasteiger partial charge in [-0.1, -0.05) is 64.3 Å². The largest absolute Gasteiger partial charge is 0.497 e. The normalized spacial score (nSPS) is 32.9. The predicted molar refractivity (Wildman–Crippen MR) is 159 cm³/mol. The molecule has 0 aliphatic heterocycles. The van der Waals surface area contributed by atoms with Gasteiger partial charge in [0.2, 0.25) is 0 Å². The summed E-state index contributed by atoms with van der Waals surface area (Å²) in [7, 11) is 1.63. The fraction of sp³-hybridized carbons (Fsp3) is 0.706. The van der Waals surface area contributed by atoms with Gasteiger partial charge >= 0.3 is 5.97 Å². The maximum Gasteiger partial charge on any atom is 0.317 e. The minimum atomic E-state index is -0.924. The van der Waals surface area contributed by atoms with Gasteiger partial charge in [0.1, 0.15) is 24.1 Å². The first kappa shape index (κ1) is 31.1. The highest BCUT2D eigenvalue weighted by Crippen LogP contribution is 2.71. The molecule has 0 heterocycles. The maximum atomic E-state index is 14.3. The number of ether oxygens (including phenoxy) is 3. The number of methoxy groups -OCH3 is 1. The SMILES string of the molecule is CCCCOCCCCC1C(C)C(Cl)CC1C1(C=O)CC2C=C(C(C)C)C1(C(=O)OCc1ccc(OC)cc1)C2. The van der Waals surface area contributed by atoms with Gasteiger partial charge in [0, 0.05) is 24.0 Å². The first-order valence-corrected chi connectivity index (χ1v) is 15.9. The molecule has 1 aromatic carbocycles. The average molecular weight is 573 g/mol. The number of benzene rings is 1. The van der Waals surface area contributed by atoms with E-state index in [1.165, 1.54) is 0 Å². The van der Waals surface area contributed by atoms with Gasteiger partial charge < -0.3 is 19.0 Å². The van der Waals surface area contributed by atoms with Crippen molar-refractivity contribution in [3.05, 3.63) is 41.5 Å². The molecular weight excluding hydrogens is 524 g/mol. The summed E-state index contributed by atoms with van der Waals surface area (Å²) < 4.78 is 17.2. The number of fused-ring (bicyclic) bond motifs is 2. The van der Waals surface area contributed by atoms with Crippen molar-refractivity contribution in [2.75, 3.05) is 20.3 Å². The molecule has 5 nitrogen and oxygen atoms in total. The Morgan fingerprint density at radius 1 is 1.12 bits per heavy atom. The molecule has 1 aromatic rings. The Hall–Kier alpha value is -1.85. The zero-order chi connectivity index (χ0) is 28.9. The fourth-order valence-corrected chi connectivity index (χ4v) is 8.57. The fourth-order valence-electron chi connectivity index (χ4n) is 8.19. The van der Waals surface area contributed by atoms with E-state index in [4.69, 9.17) is 25.8 Å². The Bertz CT molecular complexity index is 1040. The van der Waals surface area contributed by atoms with E-state index in [9.17, 15) is 9.59 Å². The molecule has 2 bridgehead atoms. The lowest BCUT2D eigenvalue weighted by molar-refractivity contribution is -0.167. The third kappa shape index (κ3) is 5.75. The highest BCUT2D eigenvalue weighted by Gasteiger charge is 2.72. The first-order valence-electron chi connectivity index (χ1n) is 15.4. The van der Waals surface area contributed by atoms with Crippen LogP contribution in [0.5, 0.6) is 5.75 Å². The Morgan fingerprint density at radius 3 is 2.50 bits per heavy atom. The molecule has 40 heavy (non-hydrogen) atoms. The molecule has 2 fully saturated rings. The highest BCUT2D eigenvalue weighted by molar-refractivity contribution is 6.21. The second-order valence-electron chi connectivity index (χ2n) is 12.8. The standard InChI is InChI=1S/C34H49ClO5/c1-6-7-15-39-16-9-8-10-28-24(4)31(35)18-30(28)33(22-36)19-26-17-29(23(2)3)34(33,20-26)32(37)40-21-25-11-13-27(38-5)14-12-25/h11-14,17,22-24,26,28,30-31H,6-10,15-16,18-21H2,1-5H3. The van der Waals surface area contributed by atoms with Crippen molar-refractivity contribution in [3.8, 4) is 5.75 Å². The van der Waals surface area contributed by atoms with Crippen molar-refractivity contribution in [1.29, 1.82) is 0 Å². The van der Waals surface area contributed by atoms with Gasteiger partial charge in [-0.25, -0.2) is 0 Å². The average Bonchev–Trinajstić information content (AvgIpc) is 3.60. The van der Waals surface area contributed by atoms with Gasteiger partial charge in [-0.05, 0) is 85.8 Å². The van der Waals surface area contributed by atoms with Gasteiger partial charge in [0.25, 0.3) is 0 Å². The summed E-state index contributed by atoms with van der Waals surface area (Å²) in [5.74, 6) is 1.53. The minimum Gasteiger partial charge on any atom is -0.497 e. The molecule has 3 aliphatic rings. The molecule has 0 amide bonds. The van der Waals surface area contributed by atoms with Crippen LogP contribution in [0.1, 0.15) is 84.6 Å². The van der Waals surface area contributed by atoms with Crippen LogP contribution in [0.15, 0.2) is 35.9 Å². The topological polar surface area (TPSA) is 61.8 Å². The number of rotatable bonds is 15. The van der Waals surface area contributed by atoms with Gasteiger partial charge in [0.05, 0.1) is 7.11 Å². The van der Waals surface area contributed by atoms with Crippen LogP contribution in [0.25, 0.3) is 0 Å². The number of hydrogen-bond acceptors (Lipinski definition) is 5. The maximum absolute atomic E-state index is 14.3. The van der Waals surface area contributed by atoms with Gasteiger partial charge in [-0.15, -0.1) is 11.6 Å². The summed E-state index contributed by atoms with van der Waals surface area (Å²) in [6.45, 7) is 10.5. The van der Waals surface area contributed by atoms with Crippen molar-refractivity contribution < 1.29 is 23.8 Å². The van der Waals surface area contributed by atoms with Crippen molar-refractivity contribution in [1.82, 2.24) is 0 Å². The van der Waals surface area contributed by atoms with Crippen molar-refractivity contribution >= 4 is 23.9 Å². The minimum absolute atomic E-state index is 0.00519. The number of alkyl halides is 1. The van der Waals surface area contributed by atoms with Gasteiger partial charge in [-0.3, -0.25) is 4.79 Å². The Balaban J connectivity index is 1.58. The van der Waals surface area contributed by atoms with E-state index in [-0.39, 0.29) is 35.7 Å². The zero-order valence-electron chi connectivity index (χ0n) is 25.1. The second-order valence-corrected chi connectivity index (χ2v) is 13.3. The predicted octanol–water partition coefficient (Wildman–Crippen LogP) is 7.78. The lowest BCUT2D eigenvalue weighted by Crippen LogP contribution is -2.53.